The molecule has 0 saturated heterocycles. The van der Waals surface area contributed by atoms with Crippen LogP contribution in [0.25, 0.3) is 0 Å². The maximum absolute atomic E-state index is 11.6. The summed E-state index contributed by atoms with van der Waals surface area (Å²) in [6.07, 6.45) is 7.77. The molecule has 0 aliphatic carbocycles. The van der Waals surface area contributed by atoms with E-state index < -0.39 is 0 Å². The van der Waals surface area contributed by atoms with Gasteiger partial charge in [-0.15, -0.1) is 0 Å². The summed E-state index contributed by atoms with van der Waals surface area (Å²) in [6.45, 7) is 4.01. The van der Waals surface area contributed by atoms with Gasteiger partial charge in [0.1, 0.15) is 0 Å². The Kier molecular flexibility index (Phi) is 5.27. The SMILES string of the molecule is C/C=C/C=C/C(=O)CC(C)c1ccccc1. The van der Waals surface area contributed by atoms with E-state index in [2.05, 4.69) is 19.1 Å². The molecule has 0 saturated carbocycles. The summed E-state index contributed by atoms with van der Waals surface area (Å²) in [6, 6.07) is 10.1. The lowest BCUT2D eigenvalue weighted by atomic mass is 9.96. The zero-order valence-corrected chi connectivity index (χ0v) is 9.89. The number of hydrogen-bond donors (Lipinski definition) is 0. The topological polar surface area (TPSA) is 17.1 Å². The lowest BCUT2D eigenvalue weighted by molar-refractivity contribution is -0.114. The number of allylic oxidation sites excluding steroid dienone is 4. The standard InChI is InChI=1S/C15H18O/c1-3-4-6-11-15(16)12-13(2)14-9-7-5-8-10-14/h3-11,13H,12H2,1-2H3/b4-3+,11-6+. The van der Waals surface area contributed by atoms with Crippen molar-refractivity contribution in [2.45, 2.75) is 26.2 Å². The summed E-state index contributed by atoms with van der Waals surface area (Å²) in [5.74, 6) is 0.457. The van der Waals surface area contributed by atoms with Crippen LogP contribution in [0.2, 0.25) is 0 Å². The number of benzene rings is 1. The Hall–Kier alpha value is -1.63. The van der Waals surface area contributed by atoms with E-state index in [1.807, 2.05) is 37.3 Å². The summed E-state index contributed by atoms with van der Waals surface area (Å²) >= 11 is 0. The van der Waals surface area contributed by atoms with Gasteiger partial charge in [-0.2, -0.15) is 0 Å². The first-order valence-corrected chi connectivity index (χ1v) is 5.61. The minimum absolute atomic E-state index is 0.175. The summed E-state index contributed by atoms with van der Waals surface area (Å²) in [7, 11) is 0. The van der Waals surface area contributed by atoms with Crippen LogP contribution in [-0.2, 0) is 4.79 Å². The molecule has 0 aliphatic heterocycles. The molecule has 1 atom stereocenters. The quantitative estimate of drug-likeness (QED) is 0.537. The van der Waals surface area contributed by atoms with Crippen LogP contribution in [0.3, 0.4) is 0 Å². The van der Waals surface area contributed by atoms with Gasteiger partial charge in [-0.1, -0.05) is 55.5 Å². The van der Waals surface area contributed by atoms with Crippen molar-refractivity contribution in [1.82, 2.24) is 0 Å². The molecule has 0 heterocycles. The van der Waals surface area contributed by atoms with Crippen LogP contribution < -0.4 is 0 Å². The van der Waals surface area contributed by atoms with Gasteiger partial charge >= 0.3 is 0 Å². The molecular weight excluding hydrogens is 196 g/mol. The van der Waals surface area contributed by atoms with E-state index in [-0.39, 0.29) is 11.7 Å². The Bertz CT molecular complexity index is 374. The minimum atomic E-state index is 0.175. The second kappa shape index (κ2) is 6.78. The van der Waals surface area contributed by atoms with Gasteiger partial charge in [-0.05, 0) is 24.5 Å². The van der Waals surface area contributed by atoms with E-state index in [9.17, 15) is 4.79 Å². The van der Waals surface area contributed by atoms with E-state index >= 15 is 0 Å². The highest BCUT2D eigenvalue weighted by Gasteiger charge is 2.08. The molecule has 1 heteroatoms. The summed E-state index contributed by atoms with van der Waals surface area (Å²) in [5, 5.41) is 0. The molecule has 1 nitrogen and oxygen atoms in total. The van der Waals surface area contributed by atoms with Gasteiger partial charge in [-0.25, -0.2) is 0 Å². The molecule has 0 bridgehead atoms. The molecule has 0 radical (unpaired) electrons. The van der Waals surface area contributed by atoms with Crippen molar-refractivity contribution >= 4 is 5.78 Å². The van der Waals surface area contributed by atoms with Crippen LogP contribution in [0.15, 0.2) is 54.6 Å². The van der Waals surface area contributed by atoms with Crippen molar-refractivity contribution < 1.29 is 4.79 Å². The Morgan fingerprint density at radius 1 is 1.25 bits per heavy atom. The van der Waals surface area contributed by atoms with Crippen molar-refractivity contribution in [3.63, 3.8) is 0 Å². The maximum atomic E-state index is 11.6. The first kappa shape index (κ1) is 12.4. The highest BCUT2D eigenvalue weighted by atomic mass is 16.1. The number of hydrogen-bond acceptors (Lipinski definition) is 1. The molecular formula is C15H18O. The third kappa shape index (κ3) is 4.26. The highest BCUT2D eigenvalue weighted by Crippen LogP contribution is 2.18. The molecule has 0 amide bonds. The lowest BCUT2D eigenvalue weighted by Gasteiger charge is -2.08. The Morgan fingerprint density at radius 3 is 2.56 bits per heavy atom. The molecule has 0 N–H and O–H groups in total. The van der Waals surface area contributed by atoms with E-state index in [0.717, 1.165) is 0 Å². The van der Waals surface area contributed by atoms with Crippen LogP contribution >= 0.6 is 0 Å². The maximum Gasteiger partial charge on any atom is 0.156 e. The van der Waals surface area contributed by atoms with E-state index in [1.54, 1.807) is 12.2 Å². The van der Waals surface area contributed by atoms with E-state index in [1.165, 1.54) is 5.56 Å². The number of rotatable bonds is 5. The second-order valence-corrected chi connectivity index (χ2v) is 3.87. The zero-order valence-electron chi connectivity index (χ0n) is 9.89. The van der Waals surface area contributed by atoms with Gasteiger partial charge in [0, 0.05) is 6.42 Å². The van der Waals surface area contributed by atoms with Crippen molar-refractivity contribution in [1.29, 1.82) is 0 Å². The fourth-order valence-electron chi connectivity index (χ4n) is 1.54. The average molecular weight is 214 g/mol. The Balaban J connectivity index is 2.52. The molecule has 1 unspecified atom stereocenters. The van der Waals surface area contributed by atoms with Crippen molar-refractivity contribution in [3.05, 3.63) is 60.2 Å². The molecule has 0 aliphatic rings. The monoisotopic (exact) mass is 214 g/mol. The predicted octanol–water partition coefficient (Wildman–Crippen LogP) is 3.88. The largest absolute Gasteiger partial charge is 0.295 e. The Morgan fingerprint density at radius 2 is 1.94 bits per heavy atom. The first-order chi connectivity index (χ1) is 7.74. The number of ketones is 1. The van der Waals surface area contributed by atoms with Gasteiger partial charge in [-0.3, -0.25) is 4.79 Å². The van der Waals surface area contributed by atoms with Crippen molar-refractivity contribution in [3.8, 4) is 0 Å². The van der Waals surface area contributed by atoms with Gasteiger partial charge in [0.25, 0.3) is 0 Å². The van der Waals surface area contributed by atoms with Crippen LogP contribution in [0, 0.1) is 0 Å². The number of carbonyl (C=O) groups excluding carboxylic acids is 1. The minimum Gasteiger partial charge on any atom is -0.295 e. The predicted molar refractivity (Wildman–Crippen MR) is 68.4 cm³/mol. The summed E-state index contributed by atoms with van der Waals surface area (Å²) < 4.78 is 0. The van der Waals surface area contributed by atoms with Crippen LogP contribution in [-0.4, -0.2) is 5.78 Å². The number of carbonyl (C=O) groups is 1. The van der Waals surface area contributed by atoms with Crippen molar-refractivity contribution in [2.24, 2.45) is 0 Å². The molecule has 0 fully saturated rings. The van der Waals surface area contributed by atoms with Gasteiger partial charge in [0.05, 0.1) is 0 Å². The van der Waals surface area contributed by atoms with Crippen molar-refractivity contribution in [2.75, 3.05) is 0 Å². The normalized spacial score (nSPS) is 13.4. The molecule has 1 aromatic carbocycles. The fourth-order valence-corrected chi connectivity index (χ4v) is 1.54. The highest BCUT2D eigenvalue weighted by molar-refractivity contribution is 5.90. The third-order valence-electron chi connectivity index (χ3n) is 2.46. The second-order valence-electron chi connectivity index (χ2n) is 3.87. The van der Waals surface area contributed by atoms with E-state index in [4.69, 9.17) is 0 Å². The molecule has 1 aromatic rings. The zero-order chi connectivity index (χ0) is 11.8. The van der Waals surface area contributed by atoms with E-state index in [0.29, 0.717) is 6.42 Å². The summed E-state index contributed by atoms with van der Waals surface area (Å²) in [4.78, 5) is 11.6. The molecule has 84 valence electrons. The van der Waals surface area contributed by atoms with Gasteiger partial charge in [0.15, 0.2) is 5.78 Å². The van der Waals surface area contributed by atoms with Crippen LogP contribution in [0.4, 0.5) is 0 Å². The molecule has 16 heavy (non-hydrogen) atoms. The lowest BCUT2D eigenvalue weighted by Crippen LogP contribution is -2.01. The first-order valence-electron chi connectivity index (χ1n) is 5.61. The Labute approximate surface area is 97.5 Å². The molecule has 1 rings (SSSR count). The third-order valence-corrected chi connectivity index (χ3v) is 2.46. The average Bonchev–Trinajstić information content (AvgIpc) is 2.30. The van der Waals surface area contributed by atoms with Crippen LogP contribution in [0.5, 0.6) is 0 Å². The smallest absolute Gasteiger partial charge is 0.156 e. The molecule has 0 spiro atoms. The van der Waals surface area contributed by atoms with Gasteiger partial charge < -0.3 is 0 Å². The molecule has 0 aromatic heterocycles. The fraction of sp³-hybridized carbons (Fsp3) is 0.267. The summed E-state index contributed by atoms with van der Waals surface area (Å²) in [5.41, 5.74) is 1.22. The van der Waals surface area contributed by atoms with Gasteiger partial charge in [0.2, 0.25) is 0 Å². The van der Waals surface area contributed by atoms with Crippen LogP contribution in [0.1, 0.15) is 31.7 Å².